The Morgan fingerprint density at radius 1 is 1.05 bits per heavy atom. The maximum absolute atomic E-state index is 12.0. The van der Waals surface area contributed by atoms with Crippen LogP contribution in [0.5, 0.6) is 0 Å². The van der Waals surface area contributed by atoms with Crippen molar-refractivity contribution < 1.29 is 9.59 Å². The van der Waals surface area contributed by atoms with E-state index in [2.05, 4.69) is 11.9 Å². The van der Waals surface area contributed by atoms with Crippen LogP contribution in [0.15, 0.2) is 18.3 Å². The lowest BCUT2D eigenvalue weighted by Gasteiger charge is -2.12. The summed E-state index contributed by atoms with van der Waals surface area (Å²) in [5.74, 6) is -0.434. The van der Waals surface area contributed by atoms with Gasteiger partial charge in [-0.3, -0.25) is 19.5 Å². The van der Waals surface area contributed by atoms with Crippen LogP contribution in [0.2, 0.25) is 0 Å². The molecule has 0 radical (unpaired) electrons. The molecule has 2 rings (SSSR count). The molecule has 0 unspecified atom stereocenters. The standard InChI is InChI=1S/C15H20N2O2/c1-2-3-4-5-6-7-11-17-14(18)12-9-8-10-16-13(12)15(17)19/h8-10H,2-7,11H2,1H3. The van der Waals surface area contributed by atoms with Gasteiger partial charge in [0.15, 0.2) is 0 Å². The second-order valence-corrected chi connectivity index (χ2v) is 4.93. The van der Waals surface area contributed by atoms with Crippen LogP contribution in [0.4, 0.5) is 0 Å². The van der Waals surface area contributed by atoms with Gasteiger partial charge in [-0.2, -0.15) is 0 Å². The Bertz CT molecular complexity index is 436. The first kappa shape index (κ1) is 13.7. The number of hydrogen-bond acceptors (Lipinski definition) is 3. The molecule has 0 aliphatic carbocycles. The molecule has 1 aliphatic rings. The predicted octanol–water partition coefficient (Wildman–Crippen LogP) is 3.04. The van der Waals surface area contributed by atoms with Crippen molar-refractivity contribution in [1.82, 2.24) is 9.88 Å². The summed E-state index contributed by atoms with van der Waals surface area (Å²) in [6, 6.07) is 3.36. The van der Waals surface area contributed by atoms with Crippen LogP contribution in [-0.2, 0) is 0 Å². The van der Waals surface area contributed by atoms with E-state index < -0.39 is 0 Å². The molecule has 0 fully saturated rings. The predicted molar refractivity (Wildman–Crippen MR) is 73.0 cm³/mol. The lowest BCUT2D eigenvalue weighted by Crippen LogP contribution is -2.30. The molecular weight excluding hydrogens is 240 g/mol. The number of hydrogen-bond donors (Lipinski definition) is 0. The number of unbranched alkanes of at least 4 members (excludes halogenated alkanes) is 5. The van der Waals surface area contributed by atoms with E-state index in [-0.39, 0.29) is 11.8 Å². The van der Waals surface area contributed by atoms with Gasteiger partial charge in [0.05, 0.1) is 5.56 Å². The van der Waals surface area contributed by atoms with Crippen molar-refractivity contribution in [2.24, 2.45) is 0 Å². The Labute approximate surface area is 113 Å². The summed E-state index contributed by atoms with van der Waals surface area (Å²) in [4.78, 5) is 29.4. The molecule has 0 aromatic carbocycles. The van der Waals surface area contributed by atoms with Crippen molar-refractivity contribution in [2.75, 3.05) is 6.54 Å². The van der Waals surface area contributed by atoms with Gasteiger partial charge < -0.3 is 0 Å². The Balaban J connectivity index is 1.83. The molecular formula is C15H20N2O2. The first-order valence-corrected chi connectivity index (χ1v) is 7.07. The van der Waals surface area contributed by atoms with E-state index in [9.17, 15) is 9.59 Å². The number of fused-ring (bicyclic) bond motifs is 1. The molecule has 4 nitrogen and oxygen atoms in total. The van der Waals surface area contributed by atoms with E-state index in [0.717, 1.165) is 12.8 Å². The molecule has 1 aromatic heterocycles. The SMILES string of the molecule is CCCCCCCCN1C(=O)c2cccnc2C1=O. The van der Waals surface area contributed by atoms with Gasteiger partial charge in [-0.05, 0) is 18.6 Å². The molecule has 0 N–H and O–H groups in total. The number of carbonyl (C=O) groups excluding carboxylic acids is 2. The van der Waals surface area contributed by atoms with Crippen LogP contribution in [0, 0.1) is 0 Å². The summed E-state index contributed by atoms with van der Waals surface area (Å²) in [7, 11) is 0. The second-order valence-electron chi connectivity index (χ2n) is 4.93. The van der Waals surface area contributed by atoms with E-state index in [4.69, 9.17) is 0 Å². The van der Waals surface area contributed by atoms with Crippen LogP contribution >= 0.6 is 0 Å². The van der Waals surface area contributed by atoms with Crippen molar-refractivity contribution in [3.05, 3.63) is 29.6 Å². The van der Waals surface area contributed by atoms with E-state index in [1.807, 2.05) is 0 Å². The van der Waals surface area contributed by atoms with Crippen molar-refractivity contribution in [3.63, 3.8) is 0 Å². The van der Waals surface area contributed by atoms with Gasteiger partial charge in [0.25, 0.3) is 11.8 Å². The molecule has 0 atom stereocenters. The monoisotopic (exact) mass is 260 g/mol. The Hall–Kier alpha value is -1.71. The highest BCUT2D eigenvalue weighted by molar-refractivity contribution is 6.20. The van der Waals surface area contributed by atoms with Gasteiger partial charge in [-0.25, -0.2) is 0 Å². The molecule has 0 saturated heterocycles. The molecule has 4 heteroatoms. The number of imide groups is 1. The average Bonchev–Trinajstić information content (AvgIpc) is 2.68. The average molecular weight is 260 g/mol. The molecule has 0 saturated carbocycles. The maximum atomic E-state index is 12.0. The number of aromatic nitrogens is 1. The minimum absolute atomic E-state index is 0.193. The van der Waals surface area contributed by atoms with Gasteiger partial charge in [-0.15, -0.1) is 0 Å². The lowest BCUT2D eigenvalue weighted by molar-refractivity contribution is 0.0649. The number of pyridine rings is 1. The number of carbonyl (C=O) groups is 2. The van der Waals surface area contributed by atoms with E-state index in [0.29, 0.717) is 17.8 Å². The minimum Gasteiger partial charge on any atom is -0.273 e. The highest BCUT2D eigenvalue weighted by atomic mass is 16.2. The molecule has 1 aromatic rings. The molecule has 2 amide bonds. The maximum Gasteiger partial charge on any atom is 0.280 e. The second kappa shape index (κ2) is 6.45. The van der Waals surface area contributed by atoms with Crippen molar-refractivity contribution in [2.45, 2.75) is 45.4 Å². The van der Waals surface area contributed by atoms with Crippen LogP contribution in [0.1, 0.15) is 66.3 Å². The van der Waals surface area contributed by atoms with Crippen molar-refractivity contribution in [3.8, 4) is 0 Å². The van der Waals surface area contributed by atoms with Crippen LogP contribution in [0.3, 0.4) is 0 Å². The molecule has 2 heterocycles. The van der Waals surface area contributed by atoms with Gasteiger partial charge >= 0.3 is 0 Å². The normalized spacial score (nSPS) is 14.1. The third-order valence-electron chi connectivity index (χ3n) is 3.47. The van der Waals surface area contributed by atoms with Gasteiger partial charge in [0.2, 0.25) is 0 Å². The third kappa shape index (κ3) is 3.00. The lowest BCUT2D eigenvalue weighted by atomic mass is 10.1. The van der Waals surface area contributed by atoms with E-state index >= 15 is 0 Å². The molecule has 19 heavy (non-hydrogen) atoms. The fourth-order valence-electron chi connectivity index (χ4n) is 2.37. The largest absolute Gasteiger partial charge is 0.280 e. The Morgan fingerprint density at radius 3 is 2.53 bits per heavy atom. The summed E-state index contributed by atoms with van der Waals surface area (Å²) in [5, 5.41) is 0. The summed E-state index contributed by atoms with van der Waals surface area (Å²) >= 11 is 0. The summed E-state index contributed by atoms with van der Waals surface area (Å²) in [6.07, 6.45) is 8.41. The van der Waals surface area contributed by atoms with Crippen molar-refractivity contribution >= 4 is 11.8 Å². The molecule has 102 valence electrons. The Morgan fingerprint density at radius 2 is 1.79 bits per heavy atom. The minimum atomic E-state index is -0.242. The zero-order valence-electron chi connectivity index (χ0n) is 11.4. The molecule has 1 aliphatic heterocycles. The fraction of sp³-hybridized carbons (Fsp3) is 0.533. The van der Waals surface area contributed by atoms with Crippen LogP contribution < -0.4 is 0 Å². The van der Waals surface area contributed by atoms with Crippen LogP contribution in [0.25, 0.3) is 0 Å². The van der Waals surface area contributed by atoms with Gasteiger partial charge in [-0.1, -0.05) is 39.0 Å². The first-order valence-electron chi connectivity index (χ1n) is 7.07. The zero-order valence-corrected chi connectivity index (χ0v) is 11.4. The Kier molecular flexibility index (Phi) is 4.66. The first-order chi connectivity index (χ1) is 9.25. The summed E-state index contributed by atoms with van der Waals surface area (Å²) < 4.78 is 0. The summed E-state index contributed by atoms with van der Waals surface area (Å²) in [6.45, 7) is 2.70. The zero-order chi connectivity index (χ0) is 13.7. The fourth-order valence-corrected chi connectivity index (χ4v) is 2.37. The van der Waals surface area contributed by atoms with E-state index in [1.54, 1.807) is 18.3 Å². The van der Waals surface area contributed by atoms with Crippen LogP contribution in [-0.4, -0.2) is 28.2 Å². The highest BCUT2D eigenvalue weighted by Crippen LogP contribution is 2.20. The van der Waals surface area contributed by atoms with Gasteiger partial charge in [0.1, 0.15) is 5.69 Å². The number of rotatable bonds is 7. The molecule has 0 bridgehead atoms. The van der Waals surface area contributed by atoms with Gasteiger partial charge in [0, 0.05) is 12.7 Å². The highest BCUT2D eigenvalue weighted by Gasteiger charge is 2.35. The van der Waals surface area contributed by atoms with Crippen molar-refractivity contribution in [1.29, 1.82) is 0 Å². The number of nitrogens with zero attached hydrogens (tertiary/aromatic N) is 2. The topological polar surface area (TPSA) is 50.3 Å². The quantitative estimate of drug-likeness (QED) is 0.559. The van der Waals surface area contributed by atoms with E-state index in [1.165, 1.54) is 30.6 Å². The molecule has 0 spiro atoms. The smallest absolute Gasteiger partial charge is 0.273 e. The summed E-state index contributed by atoms with van der Waals surface area (Å²) in [5.41, 5.74) is 0.747. The number of amides is 2. The third-order valence-corrected chi connectivity index (χ3v) is 3.47.